The summed E-state index contributed by atoms with van der Waals surface area (Å²) in [6, 6.07) is 0. The number of carbonyl (C=O) groups is 2. The van der Waals surface area contributed by atoms with Gasteiger partial charge in [-0.2, -0.15) is 0 Å². The van der Waals surface area contributed by atoms with Crippen LogP contribution in [-0.4, -0.2) is 41.3 Å². The van der Waals surface area contributed by atoms with E-state index in [9.17, 15) is 9.59 Å². The van der Waals surface area contributed by atoms with E-state index in [1.54, 1.807) is 0 Å². The van der Waals surface area contributed by atoms with Crippen LogP contribution in [0.5, 0.6) is 0 Å². The van der Waals surface area contributed by atoms with Crippen LogP contribution in [-0.2, 0) is 9.59 Å². The summed E-state index contributed by atoms with van der Waals surface area (Å²) in [6.45, 7) is 4.42. The minimum absolute atomic E-state index is 0.0000430. The fraction of sp³-hybridized carbons (Fsp3) is 0.818. The molecule has 0 fully saturated rings. The minimum atomic E-state index is -1.43. The molecular weight excluding hydrogens is 224 g/mol. The summed E-state index contributed by atoms with van der Waals surface area (Å²) in [7, 11) is 0. The molecule has 0 aliphatic carbocycles. The van der Waals surface area contributed by atoms with Crippen LogP contribution in [0.1, 0.15) is 26.7 Å². The van der Waals surface area contributed by atoms with Gasteiger partial charge in [-0.25, -0.2) is 4.79 Å². The van der Waals surface area contributed by atoms with E-state index < -0.39 is 12.1 Å². The van der Waals surface area contributed by atoms with Gasteiger partial charge in [0, 0.05) is 19.5 Å². The first kappa shape index (κ1) is 15.9. The Bertz CT molecular complexity index is 256. The normalized spacial score (nSPS) is 14.4. The summed E-state index contributed by atoms with van der Waals surface area (Å²) in [5.41, 5.74) is 5.50. The monoisotopic (exact) mass is 246 g/mol. The molecule has 0 rings (SSSR count). The molecule has 5 N–H and O–H groups in total. The molecule has 0 aromatic carbocycles. The van der Waals surface area contributed by atoms with Gasteiger partial charge in [0.05, 0.1) is 5.92 Å². The molecule has 6 heteroatoms. The van der Waals surface area contributed by atoms with Gasteiger partial charge >= 0.3 is 5.97 Å². The highest BCUT2D eigenvalue weighted by atomic mass is 16.4. The van der Waals surface area contributed by atoms with Gasteiger partial charge in [-0.05, 0) is 12.3 Å². The molecule has 0 radical (unpaired) electrons. The summed E-state index contributed by atoms with van der Waals surface area (Å²) in [5.74, 6) is -1.34. The van der Waals surface area contributed by atoms with Crippen molar-refractivity contribution in [1.29, 1.82) is 0 Å². The molecule has 0 heterocycles. The number of amides is 1. The Morgan fingerprint density at radius 3 is 2.35 bits per heavy atom. The lowest BCUT2D eigenvalue weighted by Crippen LogP contribution is -2.37. The fourth-order valence-electron chi connectivity index (χ4n) is 1.48. The highest BCUT2D eigenvalue weighted by Gasteiger charge is 2.19. The summed E-state index contributed by atoms with van der Waals surface area (Å²) in [4.78, 5) is 22.0. The van der Waals surface area contributed by atoms with Gasteiger partial charge in [0.2, 0.25) is 5.91 Å². The predicted octanol–water partition coefficient (Wildman–Crippen LogP) is -0.441. The number of carboxylic acids is 1. The van der Waals surface area contributed by atoms with Crippen molar-refractivity contribution in [3.05, 3.63) is 0 Å². The van der Waals surface area contributed by atoms with Crippen LogP contribution in [0, 0.1) is 11.8 Å². The van der Waals surface area contributed by atoms with E-state index in [2.05, 4.69) is 5.32 Å². The minimum Gasteiger partial charge on any atom is -0.479 e. The second kappa shape index (κ2) is 8.03. The van der Waals surface area contributed by atoms with Crippen molar-refractivity contribution in [3.8, 4) is 0 Å². The number of aliphatic hydroxyl groups excluding tert-OH is 1. The zero-order valence-electron chi connectivity index (χ0n) is 10.3. The number of aliphatic hydroxyl groups is 1. The van der Waals surface area contributed by atoms with Crippen LogP contribution in [0.25, 0.3) is 0 Å². The van der Waals surface area contributed by atoms with Crippen LogP contribution in [0.15, 0.2) is 0 Å². The number of aliphatic carboxylic acids is 1. The van der Waals surface area contributed by atoms with E-state index in [0.29, 0.717) is 12.3 Å². The van der Waals surface area contributed by atoms with Gasteiger partial charge in [-0.1, -0.05) is 13.8 Å². The molecular formula is C11H22N2O4. The molecule has 100 valence electrons. The van der Waals surface area contributed by atoms with Gasteiger partial charge in [0.1, 0.15) is 0 Å². The maximum absolute atomic E-state index is 11.6. The van der Waals surface area contributed by atoms with Crippen molar-refractivity contribution in [2.24, 2.45) is 17.6 Å². The Balaban J connectivity index is 3.94. The molecule has 0 aromatic heterocycles. The number of nitrogens with one attached hydrogen (secondary N) is 1. The first-order chi connectivity index (χ1) is 7.88. The Kier molecular flexibility index (Phi) is 7.49. The lowest BCUT2D eigenvalue weighted by atomic mass is 9.96. The summed E-state index contributed by atoms with van der Waals surface area (Å²) < 4.78 is 0. The third kappa shape index (κ3) is 6.91. The van der Waals surface area contributed by atoms with Crippen molar-refractivity contribution >= 4 is 11.9 Å². The number of carboxylic acid groups (broad SMARTS) is 1. The second-order valence-corrected chi connectivity index (χ2v) is 4.50. The molecule has 0 aliphatic heterocycles. The first-order valence-electron chi connectivity index (χ1n) is 5.77. The average Bonchev–Trinajstić information content (AvgIpc) is 2.24. The second-order valence-electron chi connectivity index (χ2n) is 4.50. The van der Waals surface area contributed by atoms with Gasteiger partial charge in [0.15, 0.2) is 6.10 Å². The Hall–Kier alpha value is -1.14. The molecule has 0 aliphatic rings. The molecule has 0 spiro atoms. The standard InChI is InChI=1S/C11H22N2O4/c1-7(2)5-8(6-12)10(15)13-4-3-9(14)11(16)17/h7-9,14H,3-6,12H2,1-2H3,(H,13,15)(H,16,17). The SMILES string of the molecule is CC(C)CC(CN)C(=O)NCCC(O)C(=O)O. The molecule has 0 aromatic rings. The highest BCUT2D eigenvalue weighted by Crippen LogP contribution is 2.10. The van der Waals surface area contributed by atoms with E-state index in [-0.39, 0.29) is 31.3 Å². The molecule has 6 nitrogen and oxygen atoms in total. The number of nitrogens with two attached hydrogens (primary N) is 1. The van der Waals surface area contributed by atoms with Gasteiger partial charge in [0.25, 0.3) is 0 Å². The van der Waals surface area contributed by atoms with Crippen molar-refractivity contribution in [3.63, 3.8) is 0 Å². The maximum Gasteiger partial charge on any atom is 0.332 e. The number of hydrogen-bond acceptors (Lipinski definition) is 4. The Morgan fingerprint density at radius 2 is 1.94 bits per heavy atom. The number of rotatable bonds is 8. The van der Waals surface area contributed by atoms with Crippen LogP contribution in [0.2, 0.25) is 0 Å². The molecule has 0 saturated heterocycles. The maximum atomic E-state index is 11.6. The molecule has 1 amide bonds. The Morgan fingerprint density at radius 1 is 1.35 bits per heavy atom. The lowest BCUT2D eigenvalue weighted by molar-refractivity contribution is -0.147. The summed E-state index contributed by atoms with van der Waals surface area (Å²) >= 11 is 0. The summed E-state index contributed by atoms with van der Waals surface area (Å²) in [6.07, 6.45) is -0.735. The van der Waals surface area contributed by atoms with Gasteiger partial charge < -0.3 is 21.3 Å². The van der Waals surface area contributed by atoms with Crippen LogP contribution in [0.3, 0.4) is 0 Å². The zero-order chi connectivity index (χ0) is 13.4. The number of carbonyl (C=O) groups excluding carboxylic acids is 1. The van der Waals surface area contributed by atoms with E-state index in [1.807, 2.05) is 13.8 Å². The molecule has 2 unspecified atom stereocenters. The van der Waals surface area contributed by atoms with Gasteiger partial charge in [-0.3, -0.25) is 4.79 Å². The van der Waals surface area contributed by atoms with Crippen molar-refractivity contribution in [2.75, 3.05) is 13.1 Å². The molecule has 0 bridgehead atoms. The quantitative estimate of drug-likeness (QED) is 0.464. The van der Waals surface area contributed by atoms with Crippen molar-refractivity contribution in [1.82, 2.24) is 5.32 Å². The van der Waals surface area contributed by atoms with Crippen LogP contribution < -0.4 is 11.1 Å². The smallest absolute Gasteiger partial charge is 0.332 e. The third-order valence-corrected chi connectivity index (χ3v) is 2.41. The molecule has 2 atom stereocenters. The fourth-order valence-corrected chi connectivity index (χ4v) is 1.48. The van der Waals surface area contributed by atoms with E-state index >= 15 is 0 Å². The molecule has 0 saturated carbocycles. The average molecular weight is 246 g/mol. The number of hydrogen-bond donors (Lipinski definition) is 4. The zero-order valence-corrected chi connectivity index (χ0v) is 10.3. The van der Waals surface area contributed by atoms with Crippen molar-refractivity contribution in [2.45, 2.75) is 32.8 Å². The van der Waals surface area contributed by atoms with Gasteiger partial charge in [-0.15, -0.1) is 0 Å². The van der Waals surface area contributed by atoms with Crippen molar-refractivity contribution < 1.29 is 19.8 Å². The highest BCUT2D eigenvalue weighted by molar-refractivity contribution is 5.79. The Labute approximate surface area is 101 Å². The third-order valence-electron chi connectivity index (χ3n) is 2.41. The van der Waals surface area contributed by atoms with E-state index in [4.69, 9.17) is 15.9 Å². The van der Waals surface area contributed by atoms with E-state index in [1.165, 1.54) is 0 Å². The van der Waals surface area contributed by atoms with Crippen LogP contribution >= 0.6 is 0 Å². The summed E-state index contributed by atoms with van der Waals surface area (Å²) in [5, 5.41) is 20.0. The predicted molar refractivity (Wildman–Crippen MR) is 63.3 cm³/mol. The first-order valence-corrected chi connectivity index (χ1v) is 5.77. The van der Waals surface area contributed by atoms with Crippen LogP contribution in [0.4, 0.5) is 0 Å². The van der Waals surface area contributed by atoms with E-state index in [0.717, 1.165) is 0 Å². The lowest BCUT2D eigenvalue weighted by Gasteiger charge is -2.17. The largest absolute Gasteiger partial charge is 0.479 e. The topological polar surface area (TPSA) is 113 Å². The molecule has 17 heavy (non-hydrogen) atoms.